The van der Waals surface area contributed by atoms with E-state index in [1.54, 1.807) is 12.3 Å². The van der Waals surface area contributed by atoms with Gasteiger partial charge in [-0.25, -0.2) is 8.78 Å². The van der Waals surface area contributed by atoms with Gasteiger partial charge in [-0.3, -0.25) is 9.98 Å². The number of rotatable bonds is 7. The number of aromatic nitrogens is 1. The van der Waals surface area contributed by atoms with Gasteiger partial charge in [0.25, 0.3) is 0 Å². The Morgan fingerprint density at radius 3 is 2.86 bits per heavy atom. The maximum absolute atomic E-state index is 13.5. The van der Waals surface area contributed by atoms with Gasteiger partial charge in [0.05, 0.1) is 0 Å². The van der Waals surface area contributed by atoms with Crippen LogP contribution in [0.1, 0.15) is 19.0 Å². The predicted molar refractivity (Wildman–Crippen MR) is 109 cm³/mol. The molecule has 0 amide bonds. The molecule has 0 aliphatic carbocycles. The number of guanidine groups is 1. The van der Waals surface area contributed by atoms with E-state index in [4.69, 9.17) is 4.99 Å². The average molecular weight is 387 g/mol. The number of hydrogen-bond acceptors (Lipinski definition) is 3. The van der Waals surface area contributed by atoms with Crippen molar-refractivity contribution >= 4 is 11.6 Å². The minimum absolute atomic E-state index is 0.388. The van der Waals surface area contributed by atoms with Crippen molar-refractivity contribution in [3.63, 3.8) is 0 Å². The molecule has 1 unspecified atom stereocenters. The third kappa shape index (κ3) is 5.65. The molecule has 28 heavy (non-hydrogen) atoms. The first kappa shape index (κ1) is 20.0. The smallest absolute Gasteiger partial charge is 0.191 e. The predicted octanol–water partition coefficient (Wildman–Crippen LogP) is 2.98. The molecule has 0 bridgehead atoms. The molecule has 1 fully saturated rings. The van der Waals surface area contributed by atoms with Crippen LogP contribution in [0.4, 0.5) is 14.5 Å². The third-order valence-electron chi connectivity index (χ3n) is 4.81. The Bertz CT molecular complexity index is 782. The van der Waals surface area contributed by atoms with Gasteiger partial charge in [-0.1, -0.05) is 6.07 Å². The summed E-state index contributed by atoms with van der Waals surface area (Å²) in [5, 5.41) is 6.61. The summed E-state index contributed by atoms with van der Waals surface area (Å²) >= 11 is 0. The maximum atomic E-state index is 13.5. The van der Waals surface area contributed by atoms with Gasteiger partial charge in [0.1, 0.15) is 0 Å². The van der Waals surface area contributed by atoms with Crippen LogP contribution in [-0.4, -0.2) is 43.7 Å². The fourth-order valence-electron chi connectivity index (χ4n) is 3.32. The van der Waals surface area contributed by atoms with Crippen LogP contribution >= 0.6 is 0 Å². The molecule has 2 N–H and O–H groups in total. The van der Waals surface area contributed by atoms with Crippen molar-refractivity contribution in [2.45, 2.75) is 19.8 Å². The van der Waals surface area contributed by atoms with E-state index in [1.807, 2.05) is 25.1 Å². The van der Waals surface area contributed by atoms with E-state index in [2.05, 4.69) is 20.5 Å². The Labute approximate surface area is 164 Å². The highest BCUT2D eigenvalue weighted by atomic mass is 19.2. The van der Waals surface area contributed by atoms with E-state index in [1.165, 1.54) is 12.1 Å². The average Bonchev–Trinajstić information content (AvgIpc) is 3.18. The Morgan fingerprint density at radius 1 is 1.21 bits per heavy atom. The summed E-state index contributed by atoms with van der Waals surface area (Å²) in [5.41, 5.74) is 1.77. The molecule has 0 spiro atoms. The lowest BCUT2D eigenvalue weighted by atomic mass is 10.1. The van der Waals surface area contributed by atoms with Gasteiger partial charge in [0.15, 0.2) is 17.6 Å². The van der Waals surface area contributed by atoms with E-state index < -0.39 is 11.6 Å². The summed E-state index contributed by atoms with van der Waals surface area (Å²) in [7, 11) is 0. The molecule has 1 saturated heterocycles. The molecule has 0 saturated carbocycles. The van der Waals surface area contributed by atoms with Gasteiger partial charge in [-0.2, -0.15) is 0 Å². The quantitative estimate of drug-likeness (QED) is 0.567. The monoisotopic (exact) mass is 387 g/mol. The zero-order chi connectivity index (χ0) is 19.8. The van der Waals surface area contributed by atoms with E-state index in [0.29, 0.717) is 12.5 Å². The van der Waals surface area contributed by atoms with E-state index in [-0.39, 0.29) is 0 Å². The summed E-state index contributed by atoms with van der Waals surface area (Å²) in [6.07, 6.45) is 3.61. The number of benzene rings is 1. The molecule has 1 aromatic carbocycles. The van der Waals surface area contributed by atoms with E-state index in [0.717, 1.165) is 56.4 Å². The molecule has 7 heteroatoms. The summed E-state index contributed by atoms with van der Waals surface area (Å²) in [4.78, 5) is 11.1. The standard InChI is InChI=1S/C21H27F2N5/c1-2-24-21(26-11-8-17-5-3-4-10-25-17)27-14-16-9-12-28(15-16)18-6-7-19(22)20(23)13-18/h3-7,10,13,16H,2,8-9,11-12,14-15H2,1H3,(H2,24,26,27). The number of hydrogen-bond donors (Lipinski definition) is 2. The van der Waals surface area contributed by atoms with Crippen molar-refractivity contribution in [1.29, 1.82) is 0 Å². The molecule has 2 aromatic rings. The fourth-order valence-corrected chi connectivity index (χ4v) is 3.32. The first-order valence-corrected chi connectivity index (χ1v) is 9.77. The van der Waals surface area contributed by atoms with Gasteiger partial charge in [0, 0.05) is 62.8 Å². The number of nitrogens with one attached hydrogen (secondary N) is 2. The van der Waals surface area contributed by atoms with Crippen LogP contribution in [0.2, 0.25) is 0 Å². The van der Waals surface area contributed by atoms with Crippen LogP contribution in [0.25, 0.3) is 0 Å². The first-order chi connectivity index (χ1) is 13.7. The molecule has 2 heterocycles. The third-order valence-corrected chi connectivity index (χ3v) is 4.81. The molecular formula is C21H27F2N5. The minimum Gasteiger partial charge on any atom is -0.371 e. The second kappa shape index (κ2) is 10.0. The van der Waals surface area contributed by atoms with Crippen molar-refractivity contribution in [3.8, 4) is 0 Å². The largest absolute Gasteiger partial charge is 0.371 e. The fraction of sp³-hybridized carbons (Fsp3) is 0.429. The Morgan fingerprint density at radius 2 is 2.11 bits per heavy atom. The number of anilines is 1. The van der Waals surface area contributed by atoms with Crippen LogP contribution in [0, 0.1) is 17.6 Å². The van der Waals surface area contributed by atoms with Crippen molar-refractivity contribution < 1.29 is 8.78 Å². The number of halogens is 2. The van der Waals surface area contributed by atoms with Crippen molar-refractivity contribution in [2.24, 2.45) is 10.9 Å². The van der Waals surface area contributed by atoms with E-state index in [9.17, 15) is 8.78 Å². The summed E-state index contributed by atoms with van der Waals surface area (Å²) in [5.74, 6) is -0.425. The van der Waals surface area contributed by atoms with Gasteiger partial charge in [0.2, 0.25) is 0 Å². The number of pyridine rings is 1. The Kier molecular flexibility index (Phi) is 7.17. The van der Waals surface area contributed by atoms with Crippen LogP contribution in [-0.2, 0) is 6.42 Å². The molecule has 1 aromatic heterocycles. The number of nitrogens with zero attached hydrogens (tertiary/aromatic N) is 3. The zero-order valence-corrected chi connectivity index (χ0v) is 16.2. The van der Waals surface area contributed by atoms with Gasteiger partial charge < -0.3 is 15.5 Å². The molecule has 3 rings (SSSR count). The van der Waals surface area contributed by atoms with Crippen LogP contribution in [0.5, 0.6) is 0 Å². The molecule has 150 valence electrons. The highest BCUT2D eigenvalue weighted by Crippen LogP contribution is 2.25. The lowest BCUT2D eigenvalue weighted by Gasteiger charge is -2.18. The first-order valence-electron chi connectivity index (χ1n) is 9.77. The van der Waals surface area contributed by atoms with E-state index >= 15 is 0 Å². The lowest BCUT2D eigenvalue weighted by molar-refractivity contribution is 0.508. The van der Waals surface area contributed by atoms with Crippen molar-refractivity contribution in [1.82, 2.24) is 15.6 Å². The van der Waals surface area contributed by atoms with Crippen molar-refractivity contribution in [2.75, 3.05) is 37.6 Å². The SMILES string of the molecule is CCNC(=NCC1CCN(c2ccc(F)c(F)c2)C1)NCCc1ccccn1. The maximum Gasteiger partial charge on any atom is 0.191 e. The normalized spacial score (nSPS) is 17.0. The number of aliphatic imine (C=N–C) groups is 1. The van der Waals surface area contributed by atoms with Crippen LogP contribution < -0.4 is 15.5 Å². The highest BCUT2D eigenvalue weighted by Gasteiger charge is 2.23. The summed E-state index contributed by atoms with van der Waals surface area (Å²) in [6.45, 7) is 5.90. The molecule has 1 aliphatic rings. The molecule has 1 atom stereocenters. The topological polar surface area (TPSA) is 52.6 Å². The van der Waals surface area contributed by atoms with Crippen molar-refractivity contribution in [3.05, 3.63) is 59.9 Å². The molecular weight excluding hydrogens is 360 g/mol. The summed E-state index contributed by atoms with van der Waals surface area (Å²) < 4.78 is 26.6. The molecule has 1 aliphatic heterocycles. The lowest BCUT2D eigenvalue weighted by Crippen LogP contribution is -2.38. The summed E-state index contributed by atoms with van der Waals surface area (Å²) in [6, 6.07) is 9.99. The van der Waals surface area contributed by atoms with Gasteiger partial charge >= 0.3 is 0 Å². The Hall–Kier alpha value is -2.70. The molecule has 5 nitrogen and oxygen atoms in total. The van der Waals surface area contributed by atoms with Crippen LogP contribution in [0.3, 0.4) is 0 Å². The zero-order valence-electron chi connectivity index (χ0n) is 16.2. The second-order valence-corrected chi connectivity index (χ2v) is 6.92. The van der Waals surface area contributed by atoms with Crippen LogP contribution in [0.15, 0.2) is 47.6 Å². The highest BCUT2D eigenvalue weighted by molar-refractivity contribution is 5.79. The van der Waals surface area contributed by atoms with Gasteiger partial charge in [-0.15, -0.1) is 0 Å². The van der Waals surface area contributed by atoms with Gasteiger partial charge in [-0.05, 0) is 43.5 Å². The minimum atomic E-state index is -0.809. The molecule has 0 radical (unpaired) electrons. The Balaban J connectivity index is 1.49. The second-order valence-electron chi connectivity index (χ2n) is 6.92.